The fourth-order valence-electron chi connectivity index (χ4n) is 5.14. The van der Waals surface area contributed by atoms with Crippen molar-refractivity contribution in [2.45, 2.75) is 60.8 Å². The number of hydrogen-bond acceptors (Lipinski definition) is 7. The normalized spacial score (nSPS) is 19.3. The van der Waals surface area contributed by atoms with E-state index in [0.29, 0.717) is 17.4 Å². The predicted octanol–water partition coefficient (Wildman–Crippen LogP) is 6.71. The van der Waals surface area contributed by atoms with Gasteiger partial charge in [-0.15, -0.1) is 28.6 Å². The van der Waals surface area contributed by atoms with Crippen molar-refractivity contribution in [3.63, 3.8) is 0 Å². The molecule has 4 aromatic rings. The molecule has 202 valence electrons. The number of nitrogens with zero attached hydrogens (tertiary/aromatic N) is 3. The minimum Gasteiger partial charge on any atom is -0.460 e. The first-order valence-electron chi connectivity index (χ1n) is 13.2. The van der Waals surface area contributed by atoms with Crippen LogP contribution in [0.2, 0.25) is 0 Å². The molecule has 1 aromatic heterocycles. The molecule has 0 unspecified atom stereocenters. The number of hydrogen-bond donors (Lipinski definition) is 0. The summed E-state index contributed by atoms with van der Waals surface area (Å²) in [5.74, 6) is -0.636. The highest BCUT2D eigenvalue weighted by atomic mass is 32.2. The Balaban J connectivity index is 1.36. The maximum Gasteiger partial charge on any atom is 0.310 e. The SMILES string of the molecule is CSc1ccc(-c2ccc(S[C@H]3CC[C@@H](Cn4nnc5ccccc5c4=O)[C@@H]3C(=O)OC(C)(C)C)cc2)cc1. The van der Waals surface area contributed by atoms with Crippen LogP contribution in [0.4, 0.5) is 0 Å². The number of fused-ring (bicyclic) bond motifs is 1. The van der Waals surface area contributed by atoms with Crippen molar-refractivity contribution in [1.82, 2.24) is 15.0 Å². The Morgan fingerprint density at radius 3 is 2.23 bits per heavy atom. The second-order valence-electron chi connectivity index (χ2n) is 10.9. The summed E-state index contributed by atoms with van der Waals surface area (Å²) in [5.41, 5.74) is 2.15. The number of rotatable bonds is 7. The molecule has 0 aliphatic heterocycles. The summed E-state index contributed by atoms with van der Waals surface area (Å²) in [7, 11) is 0. The largest absolute Gasteiger partial charge is 0.460 e. The van der Waals surface area contributed by atoms with Crippen molar-refractivity contribution in [2.75, 3.05) is 6.26 Å². The van der Waals surface area contributed by atoms with Crippen LogP contribution >= 0.6 is 23.5 Å². The van der Waals surface area contributed by atoms with Crippen LogP contribution in [0, 0.1) is 11.8 Å². The van der Waals surface area contributed by atoms with Gasteiger partial charge in [-0.2, -0.15) is 0 Å². The standard InChI is InChI=1S/C31H33N3O3S2/c1-31(2,3)37-30(36)28-22(19-34-29(35)25-7-5-6-8-26(25)32-33-34)13-18-27(28)39-24-16-11-21(12-17-24)20-9-14-23(38-4)15-10-20/h5-12,14-17,22,27-28H,13,18-19H2,1-4H3/t22-,27-,28-/m0/s1. The van der Waals surface area contributed by atoms with Crippen LogP contribution in [-0.2, 0) is 16.1 Å². The molecule has 3 atom stereocenters. The molecule has 39 heavy (non-hydrogen) atoms. The zero-order valence-corrected chi connectivity index (χ0v) is 24.3. The third-order valence-corrected chi connectivity index (χ3v) is 9.13. The summed E-state index contributed by atoms with van der Waals surface area (Å²) < 4.78 is 7.29. The number of ether oxygens (including phenoxy) is 1. The highest BCUT2D eigenvalue weighted by molar-refractivity contribution is 8.00. The number of aromatic nitrogens is 3. The molecule has 1 fully saturated rings. The van der Waals surface area contributed by atoms with Gasteiger partial charge in [0.05, 0.1) is 17.8 Å². The Bertz CT molecular complexity index is 1510. The van der Waals surface area contributed by atoms with Crippen molar-refractivity contribution in [3.8, 4) is 11.1 Å². The van der Waals surface area contributed by atoms with Gasteiger partial charge < -0.3 is 4.74 Å². The lowest BCUT2D eigenvalue weighted by molar-refractivity contribution is -0.161. The molecule has 8 heteroatoms. The van der Waals surface area contributed by atoms with Crippen LogP contribution in [0.1, 0.15) is 33.6 Å². The highest BCUT2D eigenvalue weighted by Gasteiger charge is 2.44. The van der Waals surface area contributed by atoms with E-state index >= 15 is 0 Å². The fraction of sp³-hybridized carbons (Fsp3) is 0.355. The minimum absolute atomic E-state index is 0.0423. The predicted molar refractivity (Wildman–Crippen MR) is 159 cm³/mol. The van der Waals surface area contributed by atoms with E-state index in [9.17, 15) is 9.59 Å². The van der Waals surface area contributed by atoms with Crippen LogP contribution in [0.5, 0.6) is 0 Å². The molecule has 1 aliphatic carbocycles. The Hall–Kier alpha value is -3.10. The number of carbonyl (C=O) groups excluding carboxylic acids is 1. The molecule has 6 nitrogen and oxygen atoms in total. The Kier molecular flexibility index (Phi) is 8.14. The molecular formula is C31H33N3O3S2. The molecule has 0 bridgehead atoms. The second kappa shape index (κ2) is 11.6. The van der Waals surface area contributed by atoms with Crippen LogP contribution in [0.25, 0.3) is 22.0 Å². The Morgan fingerprint density at radius 1 is 0.949 bits per heavy atom. The van der Waals surface area contributed by atoms with Crippen LogP contribution in [0.3, 0.4) is 0 Å². The van der Waals surface area contributed by atoms with E-state index in [1.807, 2.05) is 32.9 Å². The first kappa shape index (κ1) is 27.5. The van der Waals surface area contributed by atoms with Gasteiger partial charge >= 0.3 is 5.97 Å². The Morgan fingerprint density at radius 2 is 1.59 bits per heavy atom. The van der Waals surface area contributed by atoms with Gasteiger partial charge in [-0.05, 0) is 93.3 Å². The zero-order chi connectivity index (χ0) is 27.6. The molecule has 0 amide bonds. The van der Waals surface area contributed by atoms with E-state index in [1.165, 1.54) is 15.1 Å². The summed E-state index contributed by atoms with van der Waals surface area (Å²) in [6.45, 7) is 6.00. The highest BCUT2D eigenvalue weighted by Crippen LogP contribution is 2.44. The van der Waals surface area contributed by atoms with E-state index in [2.05, 4.69) is 65.1 Å². The lowest BCUT2D eigenvalue weighted by atomic mass is 9.95. The summed E-state index contributed by atoms with van der Waals surface area (Å²) >= 11 is 3.45. The van der Waals surface area contributed by atoms with Gasteiger partial charge in [0.25, 0.3) is 5.56 Å². The molecular weight excluding hydrogens is 526 g/mol. The maximum absolute atomic E-state index is 13.5. The molecule has 1 aliphatic rings. The number of esters is 1. The average molecular weight is 560 g/mol. The van der Waals surface area contributed by atoms with E-state index in [0.717, 1.165) is 23.3 Å². The first-order valence-corrected chi connectivity index (χ1v) is 15.3. The van der Waals surface area contributed by atoms with Gasteiger partial charge in [-0.3, -0.25) is 9.59 Å². The van der Waals surface area contributed by atoms with Gasteiger partial charge in [-0.25, -0.2) is 4.68 Å². The van der Waals surface area contributed by atoms with Gasteiger partial charge in [-0.1, -0.05) is 41.6 Å². The van der Waals surface area contributed by atoms with Gasteiger partial charge in [0.1, 0.15) is 11.1 Å². The summed E-state index contributed by atoms with van der Waals surface area (Å²) in [6, 6.07) is 24.3. The Labute approximate surface area is 237 Å². The summed E-state index contributed by atoms with van der Waals surface area (Å²) in [4.78, 5) is 29.0. The molecule has 5 rings (SSSR count). The van der Waals surface area contributed by atoms with Crippen molar-refractivity contribution < 1.29 is 9.53 Å². The molecule has 0 N–H and O–H groups in total. The van der Waals surface area contributed by atoms with Crippen LogP contribution in [-0.4, -0.2) is 38.1 Å². The third-order valence-electron chi connectivity index (χ3n) is 7.01. The third kappa shape index (κ3) is 6.39. The van der Waals surface area contributed by atoms with Gasteiger partial charge in [0.2, 0.25) is 0 Å². The molecule has 0 spiro atoms. The van der Waals surface area contributed by atoms with E-state index in [4.69, 9.17) is 4.74 Å². The second-order valence-corrected chi connectivity index (χ2v) is 13.1. The van der Waals surface area contributed by atoms with Crippen LogP contribution < -0.4 is 5.56 Å². The van der Waals surface area contributed by atoms with E-state index in [-0.39, 0.29) is 28.6 Å². The smallest absolute Gasteiger partial charge is 0.310 e. The minimum atomic E-state index is -0.591. The quantitative estimate of drug-likeness (QED) is 0.184. The number of thioether (sulfide) groups is 2. The molecule has 0 radical (unpaired) electrons. The van der Waals surface area contributed by atoms with Crippen molar-refractivity contribution in [2.24, 2.45) is 11.8 Å². The number of benzene rings is 3. The average Bonchev–Trinajstić information content (AvgIpc) is 3.32. The monoisotopic (exact) mass is 559 g/mol. The first-order chi connectivity index (χ1) is 18.7. The van der Waals surface area contributed by atoms with Crippen molar-refractivity contribution >= 4 is 40.4 Å². The lowest BCUT2D eigenvalue weighted by Gasteiger charge is -2.28. The summed E-state index contributed by atoms with van der Waals surface area (Å²) in [5, 5.41) is 9.00. The summed E-state index contributed by atoms with van der Waals surface area (Å²) in [6.07, 6.45) is 3.74. The molecule has 3 aromatic carbocycles. The number of carbonyl (C=O) groups is 1. The van der Waals surface area contributed by atoms with Crippen LogP contribution in [0.15, 0.2) is 87.4 Å². The zero-order valence-electron chi connectivity index (χ0n) is 22.7. The van der Waals surface area contributed by atoms with Crippen molar-refractivity contribution in [1.29, 1.82) is 0 Å². The fourth-order valence-corrected chi connectivity index (χ4v) is 6.93. The van der Waals surface area contributed by atoms with E-state index < -0.39 is 5.60 Å². The molecule has 1 heterocycles. The lowest BCUT2D eigenvalue weighted by Crippen LogP contribution is -2.37. The topological polar surface area (TPSA) is 74.1 Å². The van der Waals surface area contributed by atoms with Crippen molar-refractivity contribution in [3.05, 3.63) is 83.2 Å². The molecule has 0 saturated heterocycles. The molecule has 1 saturated carbocycles. The van der Waals surface area contributed by atoms with Gasteiger partial charge in [0.15, 0.2) is 0 Å². The van der Waals surface area contributed by atoms with Gasteiger partial charge in [0, 0.05) is 15.0 Å². The maximum atomic E-state index is 13.5. The van der Waals surface area contributed by atoms with E-state index in [1.54, 1.807) is 35.7 Å².